The van der Waals surface area contributed by atoms with Gasteiger partial charge in [0.1, 0.15) is 24.7 Å². The average Bonchev–Trinajstić information content (AvgIpc) is 2.84. The molecule has 190 valence electrons. The molecule has 0 atom stereocenters. The van der Waals surface area contributed by atoms with E-state index in [0.717, 1.165) is 22.6 Å². The van der Waals surface area contributed by atoms with Gasteiger partial charge in [0.2, 0.25) is 0 Å². The summed E-state index contributed by atoms with van der Waals surface area (Å²) in [5.41, 5.74) is 5.83. The Balaban J connectivity index is 1.35. The van der Waals surface area contributed by atoms with E-state index < -0.39 is 0 Å². The van der Waals surface area contributed by atoms with E-state index in [4.69, 9.17) is 9.47 Å². The lowest BCUT2D eigenvalue weighted by atomic mass is 10.1. The van der Waals surface area contributed by atoms with Crippen LogP contribution in [0.2, 0.25) is 0 Å². The first-order valence-electron chi connectivity index (χ1n) is 11.9. The predicted octanol–water partition coefficient (Wildman–Crippen LogP) is 5.32. The number of hydrogen-bond acceptors (Lipinski definition) is 4. The number of urea groups is 2. The van der Waals surface area contributed by atoms with Crippen LogP contribution in [0.25, 0.3) is 0 Å². The van der Waals surface area contributed by atoms with Crippen molar-refractivity contribution in [3.63, 3.8) is 0 Å². The maximum Gasteiger partial charge on any atom is 0.319 e. The first kappa shape index (κ1) is 26.4. The van der Waals surface area contributed by atoms with E-state index in [0.29, 0.717) is 37.7 Å². The molecule has 3 rings (SSSR count). The number of hydrogen-bond donors (Lipinski definition) is 4. The minimum absolute atomic E-state index is 0.351. The Hall–Kier alpha value is -4.20. The second-order valence-electron chi connectivity index (χ2n) is 8.53. The van der Waals surface area contributed by atoms with Crippen LogP contribution in [0, 0.1) is 27.7 Å². The van der Waals surface area contributed by atoms with E-state index >= 15 is 0 Å². The lowest BCUT2D eigenvalue weighted by molar-refractivity contribution is 0.247. The monoisotopic (exact) mass is 490 g/mol. The molecule has 0 aliphatic rings. The summed E-state index contributed by atoms with van der Waals surface area (Å²) in [5, 5.41) is 11.0. The van der Waals surface area contributed by atoms with Gasteiger partial charge in [-0.2, -0.15) is 0 Å². The van der Waals surface area contributed by atoms with Gasteiger partial charge in [0.15, 0.2) is 0 Å². The van der Waals surface area contributed by atoms with Crippen molar-refractivity contribution in [2.45, 2.75) is 27.7 Å². The molecule has 0 spiro atoms. The summed E-state index contributed by atoms with van der Waals surface area (Å²) >= 11 is 0. The quantitative estimate of drug-likeness (QED) is 0.289. The number of anilines is 2. The van der Waals surface area contributed by atoms with Crippen LogP contribution in [-0.4, -0.2) is 38.4 Å². The van der Waals surface area contributed by atoms with Gasteiger partial charge < -0.3 is 30.7 Å². The number of carbonyl (C=O) groups excluding carboxylic acids is 2. The van der Waals surface area contributed by atoms with Gasteiger partial charge >= 0.3 is 12.1 Å². The van der Waals surface area contributed by atoms with E-state index in [1.165, 1.54) is 11.1 Å². The molecule has 0 bridgehead atoms. The van der Waals surface area contributed by atoms with Gasteiger partial charge in [-0.3, -0.25) is 0 Å². The van der Waals surface area contributed by atoms with Crippen molar-refractivity contribution in [3.8, 4) is 11.5 Å². The lowest BCUT2D eigenvalue weighted by Crippen LogP contribution is -2.33. The molecule has 36 heavy (non-hydrogen) atoms. The number of amides is 4. The summed E-state index contributed by atoms with van der Waals surface area (Å²) in [6, 6.07) is 18.0. The first-order chi connectivity index (χ1) is 17.3. The van der Waals surface area contributed by atoms with Gasteiger partial charge in [0, 0.05) is 11.4 Å². The number of nitrogens with one attached hydrogen (secondary N) is 4. The van der Waals surface area contributed by atoms with E-state index in [1.54, 1.807) is 24.3 Å². The molecule has 0 saturated carbocycles. The molecule has 0 unspecified atom stereocenters. The predicted molar refractivity (Wildman–Crippen MR) is 143 cm³/mol. The minimum atomic E-state index is -0.358. The smallest absolute Gasteiger partial charge is 0.319 e. The van der Waals surface area contributed by atoms with Gasteiger partial charge in [-0.05, 0) is 92.4 Å². The fourth-order valence-corrected chi connectivity index (χ4v) is 3.30. The average molecular weight is 491 g/mol. The van der Waals surface area contributed by atoms with Gasteiger partial charge in [-0.15, -0.1) is 0 Å². The zero-order valence-corrected chi connectivity index (χ0v) is 21.2. The molecular weight excluding hydrogens is 456 g/mol. The highest BCUT2D eigenvalue weighted by Gasteiger charge is 2.06. The Morgan fingerprint density at radius 2 is 1.06 bits per heavy atom. The standard InChI is InChI=1S/C28H34N4O4/c1-19-8-10-25(16-21(19)3)35-14-12-29-27(33)31-23-6-5-7-24(18-23)32-28(34)30-13-15-36-26-11-9-20(2)22(4)17-26/h5-11,16-18H,12-15H2,1-4H3,(H2,29,31,33)(H2,30,32,34). The summed E-state index contributed by atoms with van der Waals surface area (Å²) in [6.07, 6.45) is 0. The number of carbonyl (C=O) groups is 2. The summed E-state index contributed by atoms with van der Waals surface area (Å²) < 4.78 is 11.3. The van der Waals surface area contributed by atoms with Crippen molar-refractivity contribution in [1.29, 1.82) is 0 Å². The molecule has 0 radical (unpaired) electrons. The first-order valence-corrected chi connectivity index (χ1v) is 11.9. The zero-order chi connectivity index (χ0) is 25.9. The molecule has 8 heteroatoms. The van der Waals surface area contributed by atoms with Crippen molar-refractivity contribution >= 4 is 23.4 Å². The maximum absolute atomic E-state index is 12.2. The Labute approximate surface area is 212 Å². The molecular formula is C28H34N4O4. The van der Waals surface area contributed by atoms with E-state index in [1.807, 2.05) is 64.1 Å². The van der Waals surface area contributed by atoms with Crippen LogP contribution in [0.15, 0.2) is 60.7 Å². The third-order valence-electron chi connectivity index (χ3n) is 5.65. The number of ether oxygens (including phenoxy) is 2. The molecule has 0 heterocycles. The molecule has 0 aliphatic carbocycles. The van der Waals surface area contributed by atoms with Crippen molar-refractivity contribution in [2.24, 2.45) is 0 Å². The van der Waals surface area contributed by atoms with E-state index in [2.05, 4.69) is 21.3 Å². The minimum Gasteiger partial charge on any atom is -0.492 e. The van der Waals surface area contributed by atoms with E-state index in [-0.39, 0.29) is 12.1 Å². The molecule has 4 amide bonds. The fourth-order valence-electron chi connectivity index (χ4n) is 3.30. The topological polar surface area (TPSA) is 101 Å². The van der Waals surface area contributed by atoms with Crippen molar-refractivity contribution < 1.29 is 19.1 Å². The zero-order valence-electron chi connectivity index (χ0n) is 21.2. The summed E-state index contributed by atoms with van der Waals surface area (Å²) in [5.74, 6) is 1.54. The van der Waals surface area contributed by atoms with Crippen LogP contribution in [0.5, 0.6) is 11.5 Å². The molecule has 8 nitrogen and oxygen atoms in total. The van der Waals surface area contributed by atoms with Crippen LogP contribution in [0.1, 0.15) is 22.3 Å². The second kappa shape index (κ2) is 13.0. The van der Waals surface area contributed by atoms with Gasteiger partial charge in [-0.1, -0.05) is 18.2 Å². The third kappa shape index (κ3) is 8.54. The second-order valence-corrected chi connectivity index (χ2v) is 8.53. The highest BCUT2D eigenvalue weighted by molar-refractivity contribution is 5.92. The molecule has 0 fully saturated rings. The Kier molecular flexibility index (Phi) is 9.56. The van der Waals surface area contributed by atoms with Crippen LogP contribution < -0.4 is 30.7 Å². The number of benzene rings is 3. The van der Waals surface area contributed by atoms with Crippen molar-refractivity contribution in [1.82, 2.24) is 10.6 Å². The Morgan fingerprint density at radius 3 is 1.47 bits per heavy atom. The maximum atomic E-state index is 12.2. The molecule has 0 aromatic heterocycles. The summed E-state index contributed by atoms with van der Waals surface area (Å²) in [7, 11) is 0. The van der Waals surface area contributed by atoms with Crippen LogP contribution in [-0.2, 0) is 0 Å². The largest absolute Gasteiger partial charge is 0.492 e. The van der Waals surface area contributed by atoms with Crippen molar-refractivity contribution in [3.05, 3.63) is 82.9 Å². The van der Waals surface area contributed by atoms with Crippen LogP contribution in [0.3, 0.4) is 0 Å². The van der Waals surface area contributed by atoms with Gasteiger partial charge in [-0.25, -0.2) is 9.59 Å². The van der Waals surface area contributed by atoms with Gasteiger partial charge in [0.05, 0.1) is 13.1 Å². The highest BCUT2D eigenvalue weighted by atomic mass is 16.5. The number of rotatable bonds is 10. The molecule has 3 aromatic carbocycles. The van der Waals surface area contributed by atoms with Crippen molar-refractivity contribution in [2.75, 3.05) is 36.9 Å². The van der Waals surface area contributed by atoms with Crippen LogP contribution in [0.4, 0.5) is 21.0 Å². The molecule has 0 aliphatic heterocycles. The normalized spacial score (nSPS) is 10.3. The molecule has 3 aromatic rings. The van der Waals surface area contributed by atoms with Gasteiger partial charge in [0.25, 0.3) is 0 Å². The number of aryl methyl sites for hydroxylation is 4. The fraction of sp³-hybridized carbons (Fsp3) is 0.286. The summed E-state index contributed by atoms with van der Waals surface area (Å²) in [6.45, 7) is 9.56. The Morgan fingerprint density at radius 1 is 0.611 bits per heavy atom. The summed E-state index contributed by atoms with van der Waals surface area (Å²) in [4.78, 5) is 24.4. The Bertz CT molecular complexity index is 1110. The SMILES string of the molecule is Cc1ccc(OCCNC(=O)Nc2cccc(NC(=O)NCCOc3ccc(C)c(C)c3)c2)cc1C. The molecule has 0 saturated heterocycles. The van der Waals surface area contributed by atoms with E-state index in [9.17, 15) is 9.59 Å². The lowest BCUT2D eigenvalue weighted by Gasteiger charge is -2.12. The van der Waals surface area contributed by atoms with Crippen LogP contribution >= 0.6 is 0 Å². The third-order valence-corrected chi connectivity index (χ3v) is 5.65. The molecule has 4 N–H and O–H groups in total. The highest BCUT2D eigenvalue weighted by Crippen LogP contribution is 2.17.